The summed E-state index contributed by atoms with van der Waals surface area (Å²) in [5.41, 5.74) is -0.653. The summed E-state index contributed by atoms with van der Waals surface area (Å²) in [6.07, 6.45) is 1.03. The molecule has 1 saturated heterocycles. The molecule has 1 aliphatic rings. The third kappa shape index (κ3) is 3.40. The molecule has 0 bridgehead atoms. The predicted molar refractivity (Wildman–Crippen MR) is 66.0 cm³/mol. The zero-order chi connectivity index (χ0) is 12.9. The molecule has 1 N–H and O–H groups in total. The van der Waals surface area contributed by atoms with Crippen molar-refractivity contribution in [1.29, 1.82) is 0 Å². The van der Waals surface area contributed by atoms with Gasteiger partial charge >= 0.3 is 5.97 Å². The number of carbonyl (C=O) groups is 1. The van der Waals surface area contributed by atoms with Gasteiger partial charge in [0.05, 0.1) is 20.3 Å². The van der Waals surface area contributed by atoms with E-state index in [0.29, 0.717) is 12.6 Å². The number of nitrogens with one attached hydrogen (secondary N) is 1. The van der Waals surface area contributed by atoms with Crippen molar-refractivity contribution in [3.63, 3.8) is 0 Å². The number of morpholine rings is 1. The lowest BCUT2D eigenvalue weighted by Gasteiger charge is -2.40. The van der Waals surface area contributed by atoms with E-state index in [0.717, 1.165) is 26.2 Å². The lowest BCUT2D eigenvalue weighted by atomic mass is 10.00. The standard InChI is InChI=1S/C12H24N2O3/c1-5-10-8-17-7-6-14(10)9-12(2,13-3)11(15)16-4/h10,13H,5-9H2,1-4H3. The number of methoxy groups -OCH3 is 1. The van der Waals surface area contributed by atoms with Gasteiger partial charge in [-0.1, -0.05) is 6.92 Å². The maximum absolute atomic E-state index is 11.8. The molecular weight excluding hydrogens is 220 g/mol. The Hall–Kier alpha value is -0.650. The number of rotatable bonds is 5. The maximum atomic E-state index is 11.8. The van der Waals surface area contributed by atoms with Crippen LogP contribution in [0.2, 0.25) is 0 Å². The van der Waals surface area contributed by atoms with E-state index in [-0.39, 0.29) is 5.97 Å². The molecule has 17 heavy (non-hydrogen) atoms. The summed E-state index contributed by atoms with van der Waals surface area (Å²) in [6.45, 7) is 7.02. The number of esters is 1. The van der Waals surface area contributed by atoms with E-state index in [4.69, 9.17) is 9.47 Å². The van der Waals surface area contributed by atoms with Gasteiger partial charge in [0.15, 0.2) is 0 Å². The highest BCUT2D eigenvalue weighted by Crippen LogP contribution is 2.16. The number of hydrogen-bond donors (Lipinski definition) is 1. The average Bonchev–Trinajstić information content (AvgIpc) is 2.38. The summed E-state index contributed by atoms with van der Waals surface area (Å²) in [5.74, 6) is -0.221. The predicted octanol–water partition coefficient (Wildman–Crippen LogP) is 0.248. The average molecular weight is 244 g/mol. The second-order valence-corrected chi connectivity index (χ2v) is 4.68. The molecule has 5 nitrogen and oxygen atoms in total. The minimum Gasteiger partial charge on any atom is -0.468 e. The van der Waals surface area contributed by atoms with Crippen LogP contribution in [0.15, 0.2) is 0 Å². The van der Waals surface area contributed by atoms with Crippen LogP contribution >= 0.6 is 0 Å². The molecule has 0 saturated carbocycles. The highest BCUT2D eigenvalue weighted by atomic mass is 16.5. The van der Waals surface area contributed by atoms with Crippen molar-refractivity contribution in [2.45, 2.75) is 31.8 Å². The Morgan fingerprint density at radius 2 is 2.35 bits per heavy atom. The normalized spacial score (nSPS) is 25.3. The first kappa shape index (κ1) is 14.4. The molecule has 0 aliphatic carbocycles. The molecule has 5 heteroatoms. The van der Waals surface area contributed by atoms with E-state index in [1.807, 2.05) is 6.92 Å². The van der Waals surface area contributed by atoms with Crippen LogP contribution in [0, 0.1) is 0 Å². The monoisotopic (exact) mass is 244 g/mol. The van der Waals surface area contributed by atoms with Crippen molar-refractivity contribution >= 4 is 5.97 Å². The van der Waals surface area contributed by atoms with Gasteiger partial charge in [0.1, 0.15) is 5.54 Å². The summed E-state index contributed by atoms with van der Waals surface area (Å²) in [7, 11) is 3.22. The van der Waals surface area contributed by atoms with E-state index in [1.54, 1.807) is 7.05 Å². The molecule has 0 radical (unpaired) electrons. The minimum absolute atomic E-state index is 0.221. The zero-order valence-corrected chi connectivity index (χ0v) is 11.3. The molecule has 1 heterocycles. The molecule has 0 amide bonds. The molecule has 2 atom stereocenters. The second-order valence-electron chi connectivity index (χ2n) is 4.68. The molecule has 1 rings (SSSR count). The van der Waals surface area contributed by atoms with Crippen molar-refractivity contribution in [2.75, 3.05) is 40.5 Å². The summed E-state index contributed by atoms with van der Waals surface area (Å²) in [4.78, 5) is 14.1. The maximum Gasteiger partial charge on any atom is 0.327 e. The Labute approximate surface area is 103 Å². The first-order chi connectivity index (χ1) is 8.07. The fourth-order valence-electron chi connectivity index (χ4n) is 2.15. The highest BCUT2D eigenvalue weighted by molar-refractivity contribution is 5.80. The van der Waals surface area contributed by atoms with Crippen LogP contribution in [0.5, 0.6) is 0 Å². The zero-order valence-electron chi connectivity index (χ0n) is 11.3. The molecular formula is C12H24N2O3. The van der Waals surface area contributed by atoms with Crippen LogP contribution < -0.4 is 5.32 Å². The van der Waals surface area contributed by atoms with Gasteiger partial charge in [-0.2, -0.15) is 0 Å². The Balaban J connectivity index is 2.68. The Morgan fingerprint density at radius 1 is 1.65 bits per heavy atom. The van der Waals surface area contributed by atoms with Crippen molar-refractivity contribution in [2.24, 2.45) is 0 Å². The number of likely N-dealkylation sites (N-methyl/N-ethyl adjacent to an activating group) is 1. The van der Waals surface area contributed by atoms with Crippen LogP contribution in [0.1, 0.15) is 20.3 Å². The van der Waals surface area contributed by atoms with Gasteiger partial charge in [0.25, 0.3) is 0 Å². The first-order valence-electron chi connectivity index (χ1n) is 6.16. The Bertz CT molecular complexity index is 260. The van der Waals surface area contributed by atoms with Gasteiger partial charge in [-0.25, -0.2) is 0 Å². The fraction of sp³-hybridized carbons (Fsp3) is 0.917. The molecule has 0 aromatic rings. The van der Waals surface area contributed by atoms with E-state index < -0.39 is 5.54 Å². The van der Waals surface area contributed by atoms with E-state index in [2.05, 4.69) is 17.1 Å². The largest absolute Gasteiger partial charge is 0.468 e. The lowest BCUT2D eigenvalue weighted by Crippen LogP contribution is -2.59. The smallest absolute Gasteiger partial charge is 0.327 e. The molecule has 0 aromatic carbocycles. The fourth-order valence-corrected chi connectivity index (χ4v) is 2.15. The van der Waals surface area contributed by atoms with Gasteiger partial charge in [-0.3, -0.25) is 9.69 Å². The highest BCUT2D eigenvalue weighted by Gasteiger charge is 2.37. The van der Waals surface area contributed by atoms with Gasteiger partial charge in [0.2, 0.25) is 0 Å². The molecule has 0 aromatic heterocycles. The van der Waals surface area contributed by atoms with Crippen LogP contribution in [-0.4, -0.2) is 62.9 Å². The van der Waals surface area contributed by atoms with E-state index in [9.17, 15) is 4.79 Å². The van der Waals surface area contributed by atoms with Crippen molar-refractivity contribution in [3.05, 3.63) is 0 Å². The topological polar surface area (TPSA) is 50.8 Å². The first-order valence-corrected chi connectivity index (χ1v) is 6.16. The third-order valence-corrected chi connectivity index (χ3v) is 3.53. The van der Waals surface area contributed by atoms with E-state index >= 15 is 0 Å². The number of nitrogens with zero attached hydrogens (tertiary/aromatic N) is 1. The molecule has 100 valence electrons. The summed E-state index contributed by atoms with van der Waals surface area (Å²) < 4.78 is 10.3. The van der Waals surface area contributed by atoms with Gasteiger partial charge in [-0.05, 0) is 20.4 Å². The Kier molecular flexibility index (Phi) is 5.36. The van der Waals surface area contributed by atoms with Gasteiger partial charge in [-0.15, -0.1) is 0 Å². The lowest BCUT2D eigenvalue weighted by molar-refractivity contribution is -0.149. The molecule has 1 aliphatic heterocycles. The van der Waals surface area contributed by atoms with Crippen molar-refractivity contribution in [1.82, 2.24) is 10.2 Å². The summed E-state index contributed by atoms with van der Waals surface area (Å²) in [6, 6.07) is 0.390. The number of ether oxygens (including phenoxy) is 2. The van der Waals surface area contributed by atoms with Gasteiger partial charge in [0, 0.05) is 19.1 Å². The van der Waals surface area contributed by atoms with Crippen LogP contribution in [-0.2, 0) is 14.3 Å². The molecule has 2 unspecified atom stereocenters. The molecule has 0 spiro atoms. The van der Waals surface area contributed by atoms with Gasteiger partial charge < -0.3 is 14.8 Å². The number of carbonyl (C=O) groups excluding carboxylic acids is 1. The van der Waals surface area contributed by atoms with E-state index in [1.165, 1.54) is 7.11 Å². The summed E-state index contributed by atoms with van der Waals surface area (Å²) >= 11 is 0. The van der Waals surface area contributed by atoms with Crippen molar-refractivity contribution < 1.29 is 14.3 Å². The Morgan fingerprint density at radius 3 is 2.88 bits per heavy atom. The minimum atomic E-state index is -0.653. The summed E-state index contributed by atoms with van der Waals surface area (Å²) in [5, 5.41) is 3.06. The molecule has 1 fully saturated rings. The van der Waals surface area contributed by atoms with Crippen LogP contribution in [0.3, 0.4) is 0 Å². The van der Waals surface area contributed by atoms with Crippen LogP contribution in [0.4, 0.5) is 0 Å². The second kappa shape index (κ2) is 6.33. The quantitative estimate of drug-likeness (QED) is 0.703. The third-order valence-electron chi connectivity index (χ3n) is 3.53. The van der Waals surface area contributed by atoms with Crippen molar-refractivity contribution in [3.8, 4) is 0 Å². The SMILES string of the molecule is CCC1COCCN1CC(C)(NC)C(=O)OC. The number of hydrogen-bond acceptors (Lipinski definition) is 5. The van der Waals surface area contributed by atoms with Crippen LogP contribution in [0.25, 0.3) is 0 Å².